The van der Waals surface area contributed by atoms with Crippen molar-refractivity contribution in [2.75, 3.05) is 13.1 Å². The van der Waals surface area contributed by atoms with Crippen LogP contribution in [0.25, 0.3) is 10.9 Å². The topological polar surface area (TPSA) is 42.0 Å². The van der Waals surface area contributed by atoms with Crippen LogP contribution in [0.2, 0.25) is 0 Å². The fraction of sp³-hybridized carbons (Fsp3) is 0.333. The average Bonchev–Trinajstić information content (AvgIpc) is 2.85. The molecule has 1 aromatic heterocycles. The van der Waals surface area contributed by atoms with Gasteiger partial charge in [0.2, 0.25) is 0 Å². The van der Waals surface area contributed by atoms with E-state index in [9.17, 15) is 4.79 Å². The van der Waals surface area contributed by atoms with E-state index in [1.54, 1.807) is 6.20 Å². The van der Waals surface area contributed by atoms with Gasteiger partial charge < -0.3 is 5.32 Å². The van der Waals surface area contributed by atoms with Crippen molar-refractivity contribution in [3.8, 4) is 0 Å². The molecule has 2 aromatic rings. The number of hydrogen-bond acceptors (Lipinski definition) is 3. The summed E-state index contributed by atoms with van der Waals surface area (Å²) in [7, 11) is 0. The lowest BCUT2D eigenvalue weighted by Crippen LogP contribution is -2.30. The highest BCUT2D eigenvalue weighted by atomic mass is 16.1. The van der Waals surface area contributed by atoms with E-state index < -0.39 is 0 Å². The number of pyridine rings is 1. The molecular weight excluding hydrogens is 224 g/mol. The van der Waals surface area contributed by atoms with E-state index in [0.717, 1.165) is 36.0 Å². The third-order valence-electron chi connectivity index (χ3n) is 3.79. The van der Waals surface area contributed by atoms with Gasteiger partial charge in [0.25, 0.3) is 0 Å². The Kier molecular flexibility index (Phi) is 2.63. The summed E-state index contributed by atoms with van der Waals surface area (Å²) >= 11 is 0. The van der Waals surface area contributed by atoms with Gasteiger partial charge in [0.1, 0.15) is 0 Å². The first-order chi connectivity index (χ1) is 8.71. The van der Waals surface area contributed by atoms with Crippen LogP contribution in [0.15, 0.2) is 36.5 Å². The third-order valence-corrected chi connectivity index (χ3v) is 3.79. The molecule has 0 amide bonds. The Morgan fingerprint density at radius 3 is 2.94 bits per heavy atom. The number of hydrogen-bond donors (Lipinski definition) is 1. The molecule has 3 rings (SSSR count). The van der Waals surface area contributed by atoms with Gasteiger partial charge in [-0.1, -0.05) is 25.1 Å². The van der Waals surface area contributed by atoms with E-state index in [-0.39, 0.29) is 11.2 Å². The number of nitrogens with zero attached hydrogens (tertiary/aromatic N) is 1. The smallest absolute Gasteiger partial charge is 0.172 e. The van der Waals surface area contributed by atoms with Crippen molar-refractivity contribution in [1.29, 1.82) is 0 Å². The van der Waals surface area contributed by atoms with Gasteiger partial charge in [-0.15, -0.1) is 0 Å². The molecule has 1 fully saturated rings. The zero-order valence-corrected chi connectivity index (χ0v) is 10.4. The fourth-order valence-corrected chi connectivity index (χ4v) is 2.62. The second kappa shape index (κ2) is 4.18. The summed E-state index contributed by atoms with van der Waals surface area (Å²) in [4.78, 5) is 17.1. The molecule has 1 aliphatic heterocycles. The first-order valence-electron chi connectivity index (χ1n) is 6.30. The molecule has 0 saturated carbocycles. The van der Waals surface area contributed by atoms with E-state index in [2.05, 4.69) is 10.3 Å². The number of carbonyl (C=O) groups excluding carboxylic acids is 1. The van der Waals surface area contributed by atoms with E-state index in [4.69, 9.17) is 0 Å². The SMILES string of the molecule is CC1(C(=O)c2cccc3cccnc23)CCNC1. The van der Waals surface area contributed by atoms with Crippen LogP contribution in [-0.2, 0) is 0 Å². The van der Waals surface area contributed by atoms with E-state index in [1.807, 2.05) is 37.3 Å². The predicted octanol–water partition coefficient (Wildman–Crippen LogP) is 2.42. The number of ketones is 1. The highest BCUT2D eigenvalue weighted by molar-refractivity contribution is 6.09. The van der Waals surface area contributed by atoms with Crippen LogP contribution in [0.4, 0.5) is 0 Å². The molecule has 1 aliphatic rings. The maximum atomic E-state index is 12.7. The van der Waals surface area contributed by atoms with Crippen LogP contribution in [0.1, 0.15) is 23.7 Å². The molecule has 3 nitrogen and oxygen atoms in total. The highest BCUT2D eigenvalue weighted by Gasteiger charge is 2.37. The van der Waals surface area contributed by atoms with Gasteiger partial charge in [-0.3, -0.25) is 9.78 Å². The maximum Gasteiger partial charge on any atom is 0.172 e. The number of rotatable bonds is 2. The summed E-state index contributed by atoms with van der Waals surface area (Å²) in [5.41, 5.74) is 1.28. The molecule has 92 valence electrons. The molecule has 0 radical (unpaired) electrons. The molecule has 1 aromatic carbocycles. The molecule has 1 N–H and O–H groups in total. The fourth-order valence-electron chi connectivity index (χ4n) is 2.62. The molecule has 1 unspecified atom stereocenters. The van der Waals surface area contributed by atoms with Crippen molar-refractivity contribution >= 4 is 16.7 Å². The van der Waals surface area contributed by atoms with Crippen molar-refractivity contribution in [3.05, 3.63) is 42.1 Å². The Balaban J connectivity index is 2.12. The largest absolute Gasteiger partial charge is 0.316 e. The summed E-state index contributed by atoms with van der Waals surface area (Å²) < 4.78 is 0. The molecule has 1 saturated heterocycles. The van der Waals surface area contributed by atoms with Crippen LogP contribution in [0, 0.1) is 5.41 Å². The summed E-state index contributed by atoms with van der Waals surface area (Å²) in [5.74, 6) is 0.205. The Hall–Kier alpha value is -1.74. The quantitative estimate of drug-likeness (QED) is 0.820. The average molecular weight is 240 g/mol. The third kappa shape index (κ3) is 1.71. The highest BCUT2D eigenvalue weighted by Crippen LogP contribution is 2.31. The number of carbonyl (C=O) groups is 1. The molecule has 0 aliphatic carbocycles. The van der Waals surface area contributed by atoms with Gasteiger partial charge in [-0.05, 0) is 25.1 Å². The molecular formula is C15H16N2O. The Morgan fingerprint density at radius 1 is 1.33 bits per heavy atom. The van der Waals surface area contributed by atoms with Gasteiger partial charge in [0.05, 0.1) is 5.52 Å². The van der Waals surface area contributed by atoms with Crippen molar-refractivity contribution in [2.45, 2.75) is 13.3 Å². The second-order valence-corrected chi connectivity index (χ2v) is 5.20. The number of nitrogens with one attached hydrogen (secondary N) is 1. The maximum absolute atomic E-state index is 12.7. The number of Topliss-reactive ketones (excluding diaryl/α,β-unsaturated/α-hetero) is 1. The minimum Gasteiger partial charge on any atom is -0.316 e. The van der Waals surface area contributed by atoms with Gasteiger partial charge in [-0.25, -0.2) is 0 Å². The summed E-state index contributed by atoms with van der Waals surface area (Å²) in [6.45, 7) is 3.71. The van der Waals surface area contributed by atoms with Gasteiger partial charge in [0, 0.05) is 29.1 Å². The number of aromatic nitrogens is 1. The lowest BCUT2D eigenvalue weighted by atomic mass is 9.81. The Bertz CT molecular complexity index is 595. The van der Waals surface area contributed by atoms with E-state index in [0.29, 0.717) is 0 Å². The monoisotopic (exact) mass is 240 g/mol. The second-order valence-electron chi connectivity index (χ2n) is 5.20. The van der Waals surface area contributed by atoms with Crippen LogP contribution in [0.5, 0.6) is 0 Å². The van der Waals surface area contributed by atoms with Gasteiger partial charge in [0.15, 0.2) is 5.78 Å². The number of fused-ring (bicyclic) bond motifs is 1. The lowest BCUT2D eigenvalue weighted by Gasteiger charge is -2.21. The summed E-state index contributed by atoms with van der Waals surface area (Å²) in [5, 5.41) is 4.30. The molecule has 3 heteroatoms. The molecule has 2 heterocycles. The Morgan fingerprint density at radius 2 is 2.17 bits per heavy atom. The van der Waals surface area contributed by atoms with Crippen LogP contribution in [-0.4, -0.2) is 23.9 Å². The van der Waals surface area contributed by atoms with Crippen molar-refractivity contribution in [2.24, 2.45) is 5.41 Å². The Labute approximate surface area is 106 Å². The zero-order chi connectivity index (χ0) is 12.6. The molecule has 1 atom stereocenters. The minimum absolute atomic E-state index is 0.205. The first kappa shape index (κ1) is 11.4. The minimum atomic E-state index is -0.286. The number of benzene rings is 1. The predicted molar refractivity (Wildman–Crippen MR) is 71.7 cm³/mol. The van der Waals surface area contributed by atoms with Crippen molar-refractivity contribution in [3.63, 3.8) is 0 Å². The van der Waals surface area contributed by atoms with E-state index >= 15 is 0 Å². The van der Waals surface area contributed by atoms with Gasteiger partial charge >= 0.3 is 0 Å². The van der Waals surface area contributed by atoms with E-state index in [1.165, 1.54) is 0 Å². The molecule has 0 spiro atoms. The summed E-state index contributed by atoms with van der Waals surface area (Å²) in [6.07, 6.45) is 2.64. The van der Waals surface area contributed by atoms with Crippen molar-refractivity contribution < 1.29 is 4.79 Å². The van der Waals surface area contributed by atoms with Crippen LogP contribution >= 0.6 is 0 Å². The molecule has 0 bridgehead atoms. The lowest BCUT2D eigenvalue weighted by molar-refractivity contribution is 0.0841. The summed E-state index contributed by atoms with van der Waals surface area (Å²) in [6, 6.07) is 9.71. The molecule has 18 heavy (non-hydrogen) atoms. The normalized spacial score (nSPS) is 23.4. The van der Waals surface area contributed by atoms with Crippen LogP contribution in [0.3, 0.4) is 0 Å². The zero-order valence-electron chi connectivity index (χ0n) is 10.4. The first-order valence-corrected chi connectivity index (χ1v) is 6.30. The standard InChI is InChI=1S/C15H16N2O/c1-15(7-9-16-10-15)14(18)12-6-2-4-11-5-3-8-17-13(11)12/h2-6,8,16H,7,9-10H2,1H3. The van der Waals surface area contributed by atoms with Crippen molar-refractivity contribution in [1.82, 2.24) is 10.3 Å². The number of para-hydroxylation sites is 1. The van der Waals surface area contributed by atoms with Crippen LogP contribution < -0.4 is 5.32 Å². The van der Waals surface area contributed by atoms with Gasteiger partial charge in [-0.2, -0.15) is 0 Å².